The first kappa shape index (κ1) is 17.9. The van der Waals surface area contributed by atoms with Crippen LogP contribution in [0.4, 0.5) is 5.69 Å². The number of hydrogen-bond donors (Lipinski definition) is 1. The largest absolute Gasteiger partial charge is 0.483 e. The minimum atomic E-state index is -0.506. The Bertz CT molecular complexity index is 798. The molecule has 0 unspecified atom stereocenters. The summed E-state index contributed by atoms with van der Waals surface area (Å²) in [5, 5.41) is 14.9. The van der Waals surface area contributed by atoms with Crippen molar-refractivity contribution in [1.82, 2.24) is 5.43 Å². The van der Waals surface area contributed by atoms with Crippen LogP contribution < -0.4 is 10.2 Å². The second kappa shape index (κ2) is 8.42. The van der Waals surface area contributed by atoms with Crippen LogP contribution in [-0.4, -0.2) is 23.7 Å². The van der Waals surface area contributed by atoms with Crippen LogP contribution in [0.15, 0.2) is 52.0 Å². The maximum Gasteiger partial charge on any atom is 0.277 e. The van der Waals surface area contributed by atoms with Crippen LogP contribution in [0.1, 0.15) is 5.56 Å². The zero-order chi connectivity index (χ0) is 17.5. The number of halogens is 2. The molecule has 1 amide bonds. The van der Waals surface area contributed by atoms with Gasteiger partial charge in [0.15, 0.2) is 6.61 Å². The van der Waals surface area contributed by atoms with E-state index in [0.29, 0.717) is 20.8 Å². The van der Waals surface area contributed by atoms with Crippen LogP contribution >= 0.6 is 27.5 Å². The van der Waals surface area contributed by atoms with E-state index in [1.165, 1.54) is 24.4 Å². The Hall–Kier alpha value is -2.45. The van der Waals surface area contributed by atoms with Gasteiger partial charge in [-0.25, -0.2) is 5.43 Å². The van der Waals surface area contributed by atoms with Gasteiger partial charge >= 0.3 is 0 Å². The van der Waals surface area contributed by atoms with Gasteiger partial charge in [0.25, 0.3) is 11.6 Å². The number of nitro groups is 1. The van der Waals surface area contributed by atoms with Crippen molar-refractivity contribution in [2.24, 2.45) is 5.10 Å². The summed E-state index contributed by atoms with van der Waals surface area (Å²) in [6, 6.07) is 10.8. The number of nitro benzene ring substituents is 1. The van der Waals surface area contributed by atoms with Gasteiger partial charge in [0, 0.05) is 22.7 Å². The van der Waals surface area contributed by atoms with Crippen LogP contribution in [0, 0.1) is 10.1 Å². The highest BCUT2D eigenvalue weighted by Crippen LogP contribution is 2.27. The Labute approximate surface area is 150 Å². The molecule has 0 aliphatic heterocycles. The molecule has 0 aliphatic rings. The first-order chi connectivity index (χ1) is 11.5. The number of hydrogen-bond acceptors (Lipinski definition) is 5. The average Bonchev–Trinajstić information content (AvgIpc) is 2.54. The van der Waals surface area contributed by atoms with Gasteiger partial charge in [-0.15, -0.1) is 0 Å². The van der Waals surface area contributed by atoms with E-state index in [0.717, 1.165) is 0 Å². The molecule has 0 bridgehead atoms. The third-order valence-electron chi connectivity index (χ3n) is 2.74. The van der Waals surface area contributed by atoms with Crippen LogP contribution in [0.2, 0.25) is 5.02 Å². The van der Waals surface area contributed by atoms with E-state index < -0.39 is 10.8 Å². The molecule has 24 heavy (non-hydrogen) atoms. The number of benzene rings is 2. The Morgan fingerprint density at radius 3 is 2.88 bits per heavy atom. The van der Waals surface area contributed by atoms with Crippen molar-refractivity contribution >= 4 is 45.3 Å². The van der Waals surface area contributed by atoms with Gasteiger partial charge < -0.3 is 4.74 Å². The van der Waals surface area contributed by atoms with Crippen molar-refractivity contribution in [3.63, 3.8) is 0 Å². The summed E-state index contributed by atoms with van der Waals surface area (Å²) in [6.07, 6.45) is 1.31. The summed E-state index contributed by atoms with van der Waals surface area (Å²) in [6.45, 7) is -0.244. The fraction of sp³-hybridized carbons (Fsp3) is 0.0667. The molecule has 0 radical (unpaired) electrons. The minimum Gasteiger partial charge on any atom is -0.483 e. The monoisotopic (exact) mass is 411 g/mol. The van der Waals surface area contributed by atoms with Crippen molar-refractivity contribution < 1.29 is 14.5 Å². The molecule has 0 saturated carbocycles. The number of carbonyl (C=O) groups is 1. The molecule has 0 aromatic heterocycles. The quantitative estimate of drug-likeness (QED) is 0.446. The van der Waals surface area contributed by atoms with E-state index in [2.05, 4.69) is 26.5 Å². The third-order valence-corrected chi connectivity index (χ3v) is 3.59. The highest BCUT2D eigenvalue weighted by Gasteiger charge is 2.06. The van der Waals surface area contributed by atoms with Crippen molar-refractivity contribution in [1.29, 1.82) is 0 Å². The van der Waals surface area contributed by atoms with Gasteiger partial charge in [-0.2, -0.15) is 5.10 Å². The Morgan fingerprint density at radius 2 is 2.17 bits per heavy atom. The molecule has 0 spiro atoms. The van der Waals surface area contributed by atoms with E-state index in [9.17, 15) is 14.9 Å². The van der Waals surface area contributed by atoms with Gasteiger partial charge in [0.2, 0.25) is 0 Å². The summed E-state index contributed by atoms with van der Waals surface area (Å²) in [5.41, 5.74) is 2.71. The molecule has 2 aromatic carbocycles. The molecule has 124 valence electrons. The van der Waals surface area contributed by atoms with Crippen LogP contribution in [-0.2, 0) is 4.79 Å². The Balaban J connectivity index is 1.86. The lowest BCUT2D eigenvalue weighted by molar-refractivity contribution is -0.384. The number of nitrogens with zero attached hydrogens (tertiary/aromatic N) is 2. The normalized spacial score (nSPS) is 10.6. The molecule has 9 heteroatoms. The topological polar surface area (TPSA) is 93.8 Å². The molecular formula is C15H11BrClN3O4. The summed E-state index contributed by atoms with van der Waals surface area (Å²) in [7, 11) is 0. The SMILES string of the molecule is O=C(COc1ccc(Cl)cc1Br)N/N=C/c1cccc([N+](=O)[O-])c1. The van der Waals surface area contributed by atoms with E-state index in [-0.39, 0.29) is 12.3 Å². The Morgan fingerprint density at radius 1 is 1.38 bits per heavy atom. The van der Waals surface area contributed by atoms with E-state index in [1.54, 1.807) is 24.3 Å². The molecule has 2 aromatic rings. The fourth-order valence-electron chi connectivity index (χ4n) is 1.67. The van der Waals surface area contributed by atoms with Gasteiger partial charge in [0.1, 0.15) is 5.75 Å². The van der Waals surface area contributed by atoms with Crippen molar-refractivity contribution in [2.45, 2.75) is 0 Å². The average molecular weight is 413 g/mol. The van der Waals surface area contributed by atoms with Crippen LogP contribution in [0.25, 0.3) is 0 Å². The molecule has 0 saturated heterocycles. The molecule has 2 rings (SSSR count). The molecule has 0 fully saturated rings. The number of hydrazone groups is 1. The first-order valence-corrected chi connectivity index (χ1v) is 7.77. The summed E-state index contributed by atoms with van der Waals surface area (Å²) in [5.74, 6) is -0.00394. The lowest BCUT2D eigenvalue weighted by Crippen LogP contribution is -2.24. The summed E-state index contributed by atoms with van der Waals surface area (Å²) < 4.78 is 5.95. The number of non-ortho nitro benzene ring substituents is 1. The highest BCUT2D eigenvalue weighted by atomic mass is 79.9. The molecule has 1 N–H and O–H groups in total. The van der Waals surface area contributed by atoms with Gasteiger partial charge in [-0.1, -0.05) is 23.7 Å². The zero-order valence-electron chi connectivity index (χ0n) is 12.1. The van der Waals surface area contributed by atoms with Crippen molar-refractivity contribution in [3.8, 4) is 5.75 Å². The second-order valence-corrected chi connectivity index (χ2v) is 5.80. The smallest absolute Gasteiger partial charge is 0.277 e. The second-order valence-electron chi connectivity index (χ2n) is 4.51. The predicted molar refractivity (Wildman–Crippen MR) is 93.5 cm³/mol. The number of ether oxygens (including phenoxy) is 1. The van der Waals surface area contributed by atoms with Crippen molar-refractivity contribution in [2.75, 3.05) is 6.61 Å². The molecular weight excluding hydrogens is 402 g/mol. The third kappa shape index (κ3) is 5.32. The lowest BCUT2D eigenvalue weighted by atomic mass is 10.2. The number of carbonyl (C=O) groups excluding carboxylic acids is 1. The number of rotatable bonds is 6. The molecule has 0 aliphatic carbocycles. The van der Waals surface area contributed by atoms with Gasteiger partial charge in [-0.3, -0.25) is 14.9 Å². The maximum absolute atomic E-state index is 11.7. The minimum absolute atomic E-state index is 0.0544. The summed E-state index contributed by atoms with van der Waals surface area (Å²) >= 11 is 9.08. The predicted octanol–water partition coefficient (Wildman–Crippen LogP) is 3.54. The highest BCUT2D eigenvalue weighted by molar-refractivity contribution is 9.10. The van der Waals surface area contributed by atoms with Gasteiger partial charge in [0.05, 0.1) is 15.6 Å². The van der Waals surface area contributed by atoms with E-state index in [1.807, 2.05) is 0 Å². The van der Waals surface area contributed by atoms with Crippen molar-refractivity contribution in [3.05, 3.63) is 67.6 Å². The first-order valence-electron chi connectivity index (χ1n) is 6.60. The fourth-order valence-corrected chi connectivity index (χ4v) is 2.46. The molecule has 0 heterocycles. The van der Waals surface area contributed by atoms with E-state index >= 15 is 0 Å². The van der Waals surface area contributed by atoms with E-state index in [4.69, 9.17) is 16.3 Å². The Kier molecular flexibility index (Phi) is 6.28. The van der Waals surface area contributed by atoms with Crippen LogP contribution in [0.3, 0.4) is 0 Å². The standard InChI is InChI=1S/C15H11BrClN3O4/c16-13-7-11(17)4-5-14(13)24-9-15(21)19-18-8-10-2-1-3-12(6-10)20(22)23/h1-8H,9H2,(H,19,21)/b18-8+. The zero-order valence-corrected chi connectivity index (χ0v) is 14.5. The maximum atomic E-state index is 11.7. The molecule has 7 nitrogen and oxygen atoms in total. The summed E-state index contributed by atoms with van der Waals surface area (Å²) in [4.78, 5) is 21.8. The van der Waals surface area contributed by atoms with Gasteiger partial charge in [-0.05, 0) is 34.1 Å². The lowest BCUT2D eigenvalue weighted by Gasteiger charge is -2.07. The number of amides is 1. The number of nitrogens with one attached hydrogen (secondary N) is 1. The van der Waals surface area contributed by atoms with Crippen LogP contribution in [0.5, 0.6) is 5.75 Å². The molecule has 0 atom stereocenters.